The van der Waals surface area contributed by atoms with E-state index in [-0.39, 0.29) is 12.1 Å². The van der Waals surface area contributed by atoms with Crippen LogP contribution in [0.3, 0.4) is 0 Å². The van der Waals surface area contributed by atoms with Crippen LogP contribution in [0.2, 0.25) is 0 Å². The molecular formula is C20H18F3N3O2S. The number of halogens is 3. The number of hydrogen-bond acceptors (Lipinski definition) is 4. The third-order valence-electron chi connectivity index (χ3n) is 4.73. The van der Waals surface area contributed by atoms with E-state index in [9.17, 15) is 18.0 Å². The lowest BCUT2D eigenvalue weighted by molar-refractivity contribution is -0.137. The van der Waals surface area contributed by atoms with Gasteiger partial charge in [-0.2, -0.15) is 13.2 Å². The number of amides is 2. The normalized spacial score (nSPS) is 15.5. The van der Waals surface area contributed by atoms with Crippen molar-refractivity contribution >= 4 is 33.3 Å². The fourth-order valence-corrected chi connectivity index (χ4v) is 4.05. The van der Waals surface area contributed by atoms with Crippen LogP contribution in [0.1, 0.15) is 18.4 Å². The van der Waals surface area contributed by atoms with Crippen molar-refractivity contribution < 1.29 is 22.7 Å². The van der Waals surface area contributed by atoms with Crippen LogP contribution in [0, 0.1) is 0 Å². The maximum atomic E-state index is 12.6. The molecule has 0 spiro atoms. The van der Waals surface area contributed by atoms with Gasteiger partial charge in [0.15, 0.2) is 0 Å². The number of piperidine rings is 1. The Morgan fingerprint density at radius 2 is 1.79 bits per heavy atom. The standard InChI is InChI=1S/C20H18F3N3O2S/c21-20(22,23)13-5-7-14(8-6-13)24-18(27)26-11-9-15(10-12-26)28-19-25-16-3-1-2-4-17(16)29-19/h1-8,15H,9-12H2,(H,24,27). The summed E-state index contributed by atoms with van der Waals surface area (Å²) in [5, 5.41) is 3.27. The molecule has 1 aliphatic heterocycles. The number of aromatic nitrogens is 1. The van der Waals surface area contributed by atoms with Crippen LogP contribution >= 0.6 is 11.3 Å². The average Bonchev–Trinajstić information content (AvgIpc) is 3.10. The summed E-state index contributed by atoms with van der Waals surface area (Å²) in [6.07, 6.45) is -3.09. The predicted molar refractivity (Wildman–Crippen MR) is 105 cm³/mol. The molecule has 4 rings (SSSR count). The molecule has 1 aromatic heterocycles. The number of para-hydroxylation sites is 1. The first-order chi connectivity index (χ1) is 13.9. The van der Waals surface area contributed by atoms with Crippen LogP contribution in [-0.4, -0.2) is 35.1 Å². The quantitative estimate of drug-likeness (QED) is 0.617. The van der Waals surface area contributed by atoms with Gasteiger partial charge in [0, 0.05) is 31.6 Å². The fourth-order valence-electron chi connectivity index (χ4n) is 3.17. The van der Waals surface area contributed by atoms with Crippen LogP contribution in [0.4, 0.5) is 23.7 Å². The smallest absolute Gasteiger partial charge is 0.416 e. The van der Waals surface area contributed by atoms with Crippen molar-refractivity contribution in [2.45, 2.75) is 25.1 Å². The molecule has 1 N–H and O–H groups in total. The van der Waals surface area contributed by atoms with E-state index in [2.05, 4.69) is 10.3 Å². The summed E-state index contributed by atoms with van der Waals surface area (Å²) in [6, 6.07) is 11.9. The number of rotatable bonds is 3. The van der Waals surface area contributed by atoms with Gasteiger partial charge in [-0.15, -0.1) is 0 Å². The molecule has 152 valence electrons. The molecule has 29 heavy (non-hydrogen) atoms. The SMILES string of the molecule is O=C(Nc1ccc(C(F)(F)F)cc1)N1CCC(Oc2nc3ccccc3s2)CC1. The largest absolute Gasteiger partial charge is 0.467 e. The summed E-state index contributed by atoms with van der Waals surface area (Å²) in [4.78, 5) is 18.5. The zero-order valence-corrected chi connectivity index (χ0v) is 16.1. The molecule has 0 saturated carbocycles. The van der Waals surface area contributed by atoms with Crippen LogP contribution < -0.4 is 10.1 Å². The monoisotopic (exact) mass is 421 g/mol. The van der Waals surface area contributed by atoms with Gasteiger partial charge in [0.05, 0.1) is 15.8 Å². The fraction of sp³-hybridized carbons (Fsp3) is 0.300. The molecule has 0 radical (unpaired) electrons. The Morgan fingerprint density at radius 1 is 1.10 bits per heavy atom. The molecule has 2 heterocycles. The number of fused-ring (bicyclic) bond motifs is 1. The van der Waals surface area contributed by atoms with Crippen molar-refractivity contribution in [1.29, 1.82) is 0 Å². The van der Waals surface area contributed by atoms with E-state index in [0.717, 1.165) is 22.3 Å². The van der Waals surface area contributed by atoms with Gasteiger partial charge in [-0.1, -0.05) is 23.5 Å². The zero-order valence-electron chi connectivity index (χ0n) is 15.3. The van der Waals surface area contributed by atoms with E-state index in [1.165, 1.54) is 23.5 Å². The molecular weight excluding hydrogens is 403 g/mol. The first kappa shape index (κ1) is 19.5. The lowest BCUT2D eigenvalue weighted by atomic mass is 10.1. The molecule has 9 heteroatoms. The number of anilines is 1. The second kappa shape index (κ2) is 7.90. The van der Waals surface area contributed by atoms with Crippen LogP contribution in [0.25, 0.3) is 10.2 Å². The van der Waals surface area contributed by atoms with Crippen LogP contribution in [0.5, 0.6) is 5.19 Å². The second-order valence-electron chi connectivity index (χ2n) is 6.76. The Kier molecular flexibility index (Phi) is 5.31. The molecule has 1 aliphatic rings. The summed E-state index contributed by atoms with van der Waals surface area (Å²) in [7, 11) is 0. The van der Waals surface area contributed by atoms with Gasteiger partial charge >= 0.3 is 12.2 Å². The number of hydrogen-bond donors (Lipinski definition) is 1. The van der Waals surface area contributed by atoms with E-state index in [1.807, 2.05) is 24.3 Å². The topological polar surface area (TPSA) is 54.5 Å². The lowest BCUT2D eigenvalue weighted by Gasteiger charge is -2.31. The summed E-state index contributed by atoms with van der Waals surface area (Å²) < 4.78 is 44.9. The van der Waals surface area contributed by atoms with Crippen molar-refractivity contribution in [2.24, 2.45) is 0 Å². The highest BCUT2D eigenvalue weighted by molar-refractivity contribution is 7.20. The number of benzene rings is 2. The van der Waals surface area contributed by atoms with E-state index >= 15 is 0 Å². The Bertz CT molecular complexity index is 963. The predicted octanol–water partition coefficient (Wildman–Crippen LogP) is 5.39. The molecule has 0 bridgehead atoms. The van der Waals surface area contributed by atoms with Crippen molar-refractivity contribution in [3.05, 3.63) is 54.1 Å². The van der Waals surface area contributed by atoms with Crippen molar-refractivity contribution in [3.63, 3.8) is 0 Å². The van der Waals surface area contributed by atoms with E-state index < -0.39 is 11.7 Å². The second-order valence-corrected chi connectivity index (χ2v) is 7.75. The van der Waals surface area contributed by atoms with Crippen LogP contribution in [0.15, 0.2) is 48.5 Å². The Balaban J connectivity index is 1.29. The number of thiazole rings is 1. The molecule has 0 unspecified atom stereocenters. The lowest BCUT2D eigenvalue weighted by Crippen LogP contribution is -2.43. The first-order valence-corrected chi connectivity index (χ1v) is 9.95. The molecule has 2 amide bonds. The molecule has 3 aromatic rings. The minimum atomic E-state index is -4.40. The number of carbonyl (C=O) groups excluding carboxylic acids is 1. The minimum absolute atomic E-state index is 0.0225. The summed E-state index contributed by atoms with van der Waals surface area (Å²) in [6.45, 7) is 1.00. The molecule has 1 saturated heterocycles. The third-order valence-corrected chi connectivity index (χ3v) is 5.66. The molecule has 2 aromatic carbocycles. The van der Waals surface area contributed by atoms with E-state index in [1.54, 1.807) is 4.90 Å². The van der Waals surface area contributed by atoms with Crippen LogP contribution in [-0.2, 0) is 6.18 Å². The summed E-state index contributed by atoms with van der Waals surface area (Å²) in [5.41, 5.74) is 0.486. The van der Waals surface area contributed by atoms with Gasteiger partial charge in [0.25, 0.3) is 5.19 Å². The number of nitrogens with zero attached hydrogens (tertiary/aromatic N) is 2. The number of carbonyl (C=O) groups is 1. The van der Waals surface area contributed by atoms with Gasteiger partial charge in [0.1, 0.15) is 6.10 Å². The maximum Gasteiger partial charge on any atom is 0.416 e. The third kappa shape index (κ3) is 4.61. The van der Waals surface area contributed by atoms with Gasteiger partial charge < -0.3 is 15.0 Å². The van der Waals surface area contributed by atoms with Gasteiger partial charge in [-0.3, -0.25) is 0 Å². The highest BCUT2D eigenvalue weighted by atomic mass is 32.1. The first-order valence-electron chi connectivity index (χ1n) is 9.14. The molecule has 0 atom stereocenters. The van der Waals surface area contributed by atoms with Crippen molar-refractivity contribution in [3.8, 4) is 5.19 Å². The van der Waals surface area contributed by atoms with E-state index in [4.69, 9.17) is 4.74 Å². The number of ether oxygens (including phenoxy) is 1. The summed E-state index contributed by atoms with van der Waals surface area (Å²) in [5.74, 6) is 0. The average molecular weight is 421 g/mol. The number of urea groups is 1. The Hall–Kier alpha value is -2.81. The van der Waals surface area contributed by atoms with E-state index in [0.29, 0.717) is 36.8 Å². The van der Waals surface area contributed by atoms with Gasteiger partial charge in [-0.05, 0) is 36.4 Å². The highest BCUT2D eigenvalue weighted by Gasteiger charge is 2.30. The van der Waals surface area contributed by atoms with Crippen molar-refractivity contribution in [2.75, 3.05) is 18.4 Å². The molecule has 5 nitrogen and oxygen atoms in total. The number of nitrogens with one attached hydrogen (secondary N) is 1. The van der Waals surface area contributed by atoms with Gasteiger partial charge in [0.2, 0.25) is 0 Å². The maximum absolute atomic E-state index is 12.6. The molecule has 1 fully saturated rings. The number of likely N-dealkylation sites (tertiary alicyclic amines) is 1. The summed E-state index contributed by atoms with van der Waals surface area (Å²) >= 11 is 1.50. The Labute approximate surface area is 169 Å². The van der Waals surface area contributed by atoms with Crippen molar-refractivity contribution in [1.82, 2.24) is 9.88 Å². The van der Waals surface area contributed by atoms with Gasteiger partial charge in [-0.25, -0.2) is 9.78 Å². The minimum Gasteiger partial charge on any atom is -0.467 e. The highest BCUT2D eigenvalue weighted by Crippen LogP contribution is 2.31. The number of alkyl halides is 3. The Morgan fingerprint density at radius 3 is 2.45 bits per heavy atom. The molecule has 0 aliphatic carbocycles. The zero-order chi connectivity index (χ0) is 20.4.